The van der Waals surface area contributed by atoms with Gasteiger partial charge in [0.05, 0.1) is 18.5 Å². The summed E-state index contributed by atoms with van der Waals surface area (Å²) >= 11 is 0. The molecular weight excluding hydrogens is 348 g/mol. The maximum Gasteiger partial charge on any atom is 0.329 e. The van der Waals surface area contributed by atoms with Gasteiger partial charge in [-0.3, -0.25) is 4.90 Å². The van der Waals surface area contributed by atoms with Crippen molar-refractivity contribution >= 4 is 29.2 Å². The van der Waals surface area contributed by atoms with Crippen LogP contribution in [0.3, 0.4) is 0 Å². The summed E-state index contributed by atoms with van der Waals surface area (Å²) in [6, 6.07) is 16.0. The second-order valence-corrected chi connectivity index (χ2v) is 7.10. The van der Waals surface area contributed by atoms with Crippen LogP contribution in [0, 0.1) is 0 Å². The van der Waals surface area contributed by atoms with Gasteiger partial charge in [0.25, 0.3) is 0 Å². The van der Waals surface area contributed by atoms with Gasteiger partial charge in [-0.15, -0.1) is 0 Å². The molecule has 0 fully saturated rings. The molecule has 0 aromatic heterocycles. The highest BCUT2D eigenvalue weighted by atomic mass is 16.5. The van der Waals surface area contributed by atoms with Gasteiger partial charge in [0.15, 0.2) is 0 Å². The molecule has 4 heteroatoms. The summed E-state index contributed by atoms with van der Waals surface area (Å²) in [5.74, 6) is 0.770. The highest BCUT2D eigenvalue weighted by molar-refractivity contribution is 6.06. The van der Waals surface area contributed by atoms with E-state index in [-0.39, 0.29) is 6.03 Å². The molecule has 3 rings (SSSR count). The van der Waals surface area contributed by atoms with E-state index in [4.69, 9.17) is 4.74 Å². The van der Waals surface area contributed by atoms with Crippen LogP contribution in [-0.4, -0.2) is 31.1 Å². The summed E-state index contributed by atoms with van der Waals surface area (Å²) in [7, 11) is 1.68. The van der Waals surface area contributed by atoms with Gasteiger partial charge in [-0.05, 0) is 37.1 Å². The van der Waals surface area contributed by atoms with Crippen molar-refractivity contribution in [3.05, 3.63) is 59.7 Å². The van der Waals surface area contributed by atoms with Gasteiger partial charge in [-0.25, -0.2) is 4.79 Å². The predicted octanol–water partition coefficient (Wildman–Crippen LogP) is 6.30. The summed E-state index contributed by atoms with van der Waals surface area (Å²) in [4.78, 5) is 17.6. The zero-order valence-corrected chi connectivity index (χ0v) is 17.1. The normalized spacial score (nSPS) is 12.5. The van der Waals surface area contributed by atoms with Crippen molar-refractivity contribution in [2.24, 2.45) is 0 Å². The third kappa shape index (κ3) is 4.06. The molecule has 0 spiro atoms. The van der Waals surface area contributed by atoms with E-state index >= 15 is 0 Å². The second kappa shape index (κ2) is 9.45. The first-order valence-electron chi connectivity index (χ1n) is 10.2. The van der Waals surface area contributed by atoms with E-state index in [2.05, 4.69) is 13.8 Å². The quantitative estimate of drug-likeness (QED) is 0.566. The zero-order valence-electron chi connectivity index (χ0n) is 17.1. The monoisotopic (exact) mass is 378 g/mol. The van der Waals surface area contributed by atoms with E-state index in [0.29, 0.717) is 0 Å². The number of carbonyl (C=O) groups excluding carboxylic acids is 1. The van der Waals surface area contributed by atoms with Gasteiger partial charge >= 0.3 is 6.03 Å². The largest absolute Gasteiger partial charge is 0.496 e. The van der Waals surface area contributed by atoms with E-state index < -0.39 is 0 Å². The van der Waals surface area contributed by atoms with Crippen molar-refractivity contribution in [3.8, 4) is 0 Å². The standard InChI is InChI=1S/C24H30N2O2/c1-4-6-16-25(17-7-5-2)24(27)26-21-14-10-8-12-19(21)18-23(28-3)20-13-9-11-15-22(20)26/h8-15,18H,4-7,16-17H2,1-3H3. The van der Waals surface area contributed by atoms with E-state index in [1.165, 1.54) is 0 Å². The fraction of sp³-hybridized carbons (Fsp3) is 0.375. The zero-order chi connectivity index (χ0) is 19.9. The van der Waals surface area contributed by atoms with Crippen LogP contribution < -0.4 is 4.90 Å². The molecule has 28 heavy (non-hydrogen) atoms. The average Bonchev–Trinajstić information content (AvgIpc) is 2.87. The number of unbranched alkanes of at least 4 members (excludes halogenated alkanes) is 2. The Labute approximate surface area is 168 Å². The topological polar surface area (TPSA) is 32.8 Å². The second-order valence-electron chi connectivity index (χ2n) is 7.10. The number of nitrogens with zero attached hydrogens (tertiary/aromatic N) is 2. The number of carbonyl (C=O) groups is 1. The van der Waals surface area contributed by atoms with E-state index in [0.717, 1.165) is 67.0 Å². The summed E-state index contributed by atoms with van der Waals surface area (Å²) in [6.45, 7) is 5.88. The Hall–Kier alpha value is -2.75. The lowest BCUT2D eigenvalue weighted by molar-refractivity contribution is 0.205. The number of fused-ring (bicyclic) bond motifs is 2. The van der Waals surface area contributed by atoms with Gasteiger partial charge in [-0.2, -0.15) is 0 Å². The number of hydrogen-bond acceptors (Lipinski definition) is 2. The number of benzene rings is 2. The van der Waals surface area contributed by atoms with Crippen LogP contribution in [0.1, 0.15) is 50.7 Å². The Balaban J connectivity index is 2.10. The molecule has 0 saturated heterocycles. The molecule has 0 atom stereocenters. The third-order valence-electron chi connectivity index (χ3n) is 5.12. The first-order valence-corrected chi connectivity index (χ1v) is 10.2. The van der Waals surface area contributed by atoms with Gasteiger partial charge in [0, 0.05) is 24.2 Å². The van der Waals surface area contributed by atoms with Crippen LogP contribution in [0.2, 0.25) is 0 Å². The Morgan fingerprint density at radius 2 is 1.54 bits per heavy atom. The molecule has 1 aliphatic rings. The summed E-state index contributed by atoms with van der Waals surface area (Å²) in [5, 5.41) is 0. The van der Waals surface area contributed by atoms with Gasteiger partial charge in [-0.1, -0.05) is 57.0 Å². The van der Waals surface area contributed by atoms with Crippen molar-refractivity contribution in [2.45, 2.75) is 39.5 Å². The number of urea groups is 1. The number of rotatable bonds is 7. The minimum Gasteiger partial charge on any atom is -0.496 e. The maximum atomic E-state index is 13.8. The molecule has 4 nitrogen and oxygen atoms in total. The lowest BCUT2D eigenvalue weighted by Crippen LogP contribution is -2.42. The summed E-state index contributed by atoms with van der Waals surface area (Å²) in [5.41, 5.74) is 3.67. The van der Waals surface area contributed by atoms with Crippen LogP contribution in [-0.2, 0) is 4.74 Å². The number of methoxy groups -OCH3 is 1. The highest BCUT2D eigenvalue weighted by Gasteiger charge is 2.29. The summed E-state index contributed by atoms with van der Waals surface area (Å²) < 4.78 is 5.68. The molecule has 1 aliphatic heterocycles. The molecule has 0 unspecified atom stereocenters. The number of anilines is 2. The fourth-order valence-electron chi connectivity index (χ4n) is 3.56. The Bertz CT molecular complexity index is 836. The van der Waals surface area contributed by atoms with Crippen molar-refractivity contribution < 1.29 is 9.53 Å². The lowest BCUT2D eigenvalue weighted by atomic mass is 10.1. The molecule has 0 aliphatic carbocycles. The van der Waals surface area contributed by atoms with E-state index in [1.54, 1.807) is 7.11 Å². The van der Waals surface area contributed by atoms with Crippen molar-refractivity contribution in [2.75, 3.05) is 25.1 Å². The van der Waals surface area contributed by atoms with Crippen LogP contribution >= 0.6 is 0 Å². The molecule has 148 valence electrons. The molecule has 0 saturated carbocycles. The lowest BCUT2D eigenvalue weighted by Gasteiger charge is -2.32. The van der Waals surface area contributed by atoms with Crippen molar-refractivity contribution in [1.29, 1.82) is 0 Å². The smallest absolute Gasteiger partial charge is 0.329 e. The first-order chi connectivity index (χ1) is 13.7. The Morgan fingerprint density at radius 1 is 0.929 bits per heavy atom. The SMILES string of the molecule is CCCCN(CCCC)C(=O)N1c2ccccc2C=C(OC)c2ccccc21. The number of amides is 2. The highest BCUT2D eigenvalue weighted by Crippen LogP contribution is 2.40. The number of hydrogen-bond donors (Lipinski definition) is 0. The van der Waals surface area contributed by atoms with E-state index in [1.807, 2.05) is 64.4 Å². The summed E-state index contributed by atoms with van der Waals surface area (Å²) in [6.07, 6.45) is 6.17. The van der Waals surface area contributed by atoms with Crippen molar-refractivity contribution in [3.63, 3.8) is 0 Å². The van der Waals surface area contributed by atoms with Crippen LogP contribution in [0.5, 0.6) is 0 Å². The fourth-order valence-corrected chi connectivity index (χ4v) is 3.56. The first kappa shape index (κ1) is 20.0. The molecule has 2 amide bonds. The van der Waals surface area contributed by atoms with Gasteiger partial charge in [0.2, 0.25) is 0 Å². The average molecular weight is 379 g/mol. The molecule has 0 bridgehead atoms. The number of ether oxygens (including phenoxy) is 1. The van der Waals surface area contributed by atoms with Crippen LogP contribution in [0.4, 0.5) is 16.2 Å². The molecule has 2 aromatic rings. The van der Waals surface area contributed by atoms with E-state index in [9.17, 15) is 4.79 Å². The maximum absolute atomic E-state index is 13.8. The molecule has 1 heterocycles. The predicted molar refractivity (Wildman–Crippen MR) is 117 cm³/mol. The molecular formula is C24H30N2O2. The minimum atomic E-state index is 0.0348. The number of para-hydroxylation sites is 2. The minimum absolute atomic E-state index is 0.0348. The molecule has 0 N–H and O–H groups in total. The van der Waals surface area contributed by atoms with Gasteiger partial charge in [0.1, 0.15) is 5.76 Å². The Morgan fingerprint density at radius 3 is 2.18 bits per heavy atom. The van der Waals surface area contributed by atoms with Crippen LogP contribution in [0.15, 0.2) is 48.5 Å². The molecule has 0 radical (unpaired) electrons. The van der Waals surface area contributed by atoms with Crippen molar-refractivity contribution in [1.82, 2.24) is 4.90 Å². The van der Waals surface area contributed by atoms with Gasteiger partial charge < -0.3 is 9.64 Å². The third-order valence-corrected chi connectivity index (χ3v) is 5.12. The molecule has 2 aromatic carbocycles. The van der Waals surface area contributed by atoms with Crippen LogP contribution in [0.25, 0.3) is 11.8 Å². The Kier molecular flexibility index (Phi) is 6.75.